The smallest absolute Gasteiger partial charge is 0.404 e. The summed E-state index contributed by atoms with van der Waals surface area (Å²) in [5.74, 6) is 0. The maximum Gasteiger partial charge on any atom is 0.404 e. The third kappa shape index (κ3) is 2.80. The number of hydrogen-bond donors (Lipinski definition) is 2. The van der Waals surface area contributed by atoms with Gasteiger partial charge in [0.2, 0.25) is 0 Å². The van der Waals surface area contributed by atoms with Crippen molar-refractivity contribution < 1.29 is 19.4 Å². The lowest BCUT2D eigenvalue weighted by atomic mass is 10.1. The van der Waals surface area contributed by atoms with Crippen molar-refractivity contribution in [2.45, 2.75) is 38.9 Å². The Morgan fingerprint density at radius 1 is 1.28 bits per heavy atom. The zero-order valence-electron chi connectivity index (χ0n) is 10.4. The van der Waals surface area contributed by atoms with Gasteiger partial charge in [0.05, 0.1) is 12.2 Å². The quantitative estimate of drug-likeness (QED) is 0.864. The molecule has 1 aliphatic heterocycles. The van der Waals surface area contributed by atoms with Gasteiger partial charge in [-0.2, -0.15) is 0 Å². The van der Waals surface area contributed by atoms with E-state index in [0.717, 1.165) is 11.1 Å². The van der Waals surface area contributed by atoms with E-state index in [1.54, 1.807) is 0 Å². The molecule has 0 saturated carbocycles. The Hall–Kier alpha value is -1.59. The molecule has 2 atom stereocenters. The second kappa shape index (κ2) is 5.37. The SMILES string of the molecule is CC1OC(c2ccccc2CNC(=O)O)OC1C. The second-order valence-electron chi connectivity index (χ2n) is 4.37. The molecule has 2 N–H and O–H groups in total. The molecule has 1 aromatic rings. The summed E-state index contributed by atoms with van der Waals surface area (Å²) >= 11 is 0. The Bertz CT molecular complexity index is 425. The van der Waals surface area contributed by atoms with E-state index < -0.39 is 12.4 Å². The summed E-state index contributed by atoms with van der Waals surface area (Å²) < 4.78 is 11.4. The summed E-state index contributed by atoms with van der Waals surface area (Å²) in [7, 11) is 0. The van der Waals surface area contributed by atoms with Crippen LogP contribution in [0.2, 0.25) is 0 Å². The number of benzene rings is 1. The molecule has 5 nitrogen and oxygen atoms in total. The molecule has 0 bridgehead atoms. The first kappa shape index (κ1) is 12.9. The van der Waals surface area contributed by atoms with Crippen molar-refractivity contribution in [1.82, 2.24) is 5.32 Å². The molecule has 1 fully saturated rings. The normalized spacial score (nSPS) is 27.1. The fourth-order valence-corrected chi connectivity index (χ4v) is 1.89. The van der Waals surface area contributed by atoms with Gasteiger partial charge in [-0.1, -0.05) is 24.3 Å². The van der Waals surface area contributed by atoms with Crippen LogP contribution in [0.25, 0.3) is 0 Å². The fraction of sp³-hybridized carbons (Fsp3) is 0.462. The first-order valence-corrected chi connectivity index (χ1v) is 5.93. The largest absolute Gasteiger partial charge is 0.465 e. The van der Waals surface area contributed by atoms with E-state index >= 15 is 0 Å². The summed E-state index contributed by atoms with van der Waals surface area (Å²) in [5, 5.41) is 11.0. The molecule has 2 unspecified atom stereocenters. The molecule has 0 spiro atoms. The van der Waals surface area contributed by atoms with Crippen LogP contribution in [-0.4, -0.2) is 23.4 Å². The molecule has 1 saturated heterocycles. The summed E-state index contributed by atoms with van der Waals surface area (Å²) in [6.45, 7) is 4.17. The predicted molar refractivity (Wildman–Crippen MR) is 65.1 cm³/mol. The van der Waals surface area contributed by atoms with Gasteiger partial charge in [-0.25, -0.2) is 4.79 Å². The predicted octanol–water partition coefficient (Wildman–Crippen LogP) is 2.28. The fourth-order valence-electron chi connectivity index (χ4n) is 1.89. The summed E-state index contributed by atoms with van der Waals surface area (Å²) in [6.07, 6.45) is -1.38. The number of carboxylic acid groups (broad SMARTS) is 1. The van der Waals surface area contributed by atoms with Crippen LogP contribution in [0.5, 0.6) is 0 Å². The highest BCUT2D eigenvalue weighted by atomic mass is 16.7. The minimum Gasteiger partial charge on any atom is -0.465 e. The Kier molecular flexibility index (Phi) is 3.84. The van der Waals surface area contributed by atoms with Crippen molar-refractivity contribution in [3.8, 4) is 0 Å². The average Bonchev–Trinajstić information content (AvgIpc) is 2.67. The molecule has 98 valence electrons. The van der Waals surface area contributed by atoms with Gasteiger partial charge in [-0.3, -0.25) is 0 Å². The molecule has 18 heavy (non-hydrogen) atoms. The highest BCUT2D eigenvalue weighted by Crippen LogP contribution is 2.32. The number of nitrogens with one attached hydrogen (secondary N) is 1. The van der Waals surface area contributed by atoms with E-state index in [4.69, 9.17) is 14.6 Å². The Balaban J connectivity index is 2.15. The van der Waals surface area contributed by atoms with Gasteiger partial charge in [0.15, 0.2) is 6.29 Å². The van der Waals surface area contributed by atoms with Crippen LogP contribution >= 0.6 is 0 Å². The number of carbonyl (C=O) groups is 1. The lowest BCUT2D eigenvalue weighted by molar-refractivity contribution is -0.0658. The summed E-state index contributed by atoms with van der Waals surface area (Å²) in [5.41, 5.74) is 1.74. The minimum atomic E-state index is -1.04. The molecule has 2 rings (SSSR count). The molecule has 5 heteroatoms. The monoisotopic (exact) mass is 251 g/mol. The molecule has 1 aliphatic rings. The zero-order chi connectivity index (χ0) is 13.1. The summed E-state index contributed by atoms with van der Waals surface area (Å²) in [4.78, 5) is 10.5. The van der Waals surface area contributed by atoms with Crippen LogP contribution in [0.4, 0.5) is 4.79 Å². The van der Waals surface area contributed by atoms with E-state index in [1.807, 2.05) is 38.1 Å². The number of amides is 1. The maximum absolute atomic E-state index is 10.5. The first-order chi connectivity index (χ1) is 8.58. The third-order valence-corrected chi connectivity index (χ3v) is 3.08. The van der Waals surface area contributed by atoms with Gasteiger partial charge in [0, 0.05) is 12.1 Å². The van der Waals surface area contributed by atoms with Crippen LogP contribution < -0.4 is 5.32 Å². The van der Waals surface area contributed by atoms with Crippen molar-refractivity contribution >= 4 is 6.09 Å². The lowest BCUT2D eigenvalue weighted by Gasteiger charge is -2.15. The van der Waals surface area contributed by atoms with Crippen LogP contribution in [-0.2, 0) is 16.0 Å². The second-order valence-corrected chi connectivity index (χ2v) is 4.37. The molecule has 0 aromatic heterocycles. The van der Waals surface area contributed by atoms with Gasteiger partial charge in [0.25, 0.3) is 0 Å². The highest BCUT2D eigenvalue weighted by molar-refractivity contribution is 5.64. The Morgan fingerprint density at radius 2 is 1.89 bits per heavy atom. The first-order valence-electron chi connectivity index (χ1n) is 5.93. The van der Waals surface area contributed by atoms with Gasteiger partial charge in [-0.05, 0) is 19.4 Å². The van der Waals surface area contributed by atoms with Gasteiger partial charge < -0.3 is 19.9 Å². The van der Waals surface area contributed by atoms with E-state index in [0.29, 0.717) is 0 Å². The number of hydrogen-bond acceptors (Lipinski definition) is 3. The summed E-state index contributed by atoms with van der Waals surface area (Å²) in [6, 6.07) is 7.52. The lowest BCUT2D eigenvalue weighted by Crippen LogP contribution is -2.21. The molecule has 0 aliphatic carbocycles. The Labute approximate surface area is 106 Å². The topological polar surface area (TPSA) is 67.8 Å². The van der Waals surface area contributed by atoms with Crippen molar-refractivity contribution in [2.24, 2.45) is 0 Å². The zero-order valence-corrected chi connectivity index (χ0v) is 10.4. The van der Waals surface area contributed by atoms with Crippen LogP contribution in [0.3, 0.4) is 0 Å². The van der Waals surface area contributed by atoms with E-state index in [-0.39, 0.29) is 18.8 Å². The minimum absolute atomic E-state index is 0.0375. The van der Waals surface area contributed by atoms with Crippen LogP contribution in [0, 0.1) is 0 Å². The van der Waals surface area contributed by atoms with Crippen LogP contribution in [0.15, 0.2) is 24.3 Å². The van der Waals surface area contributed by atoms with Crippen molar-refractivity contribution in [2.75, 3.05) is 0 Å². The number of rotatable bonds is 3. The molecular formula is C13H17NO4. The van der Waals surface area contributed by atoms with Gasteiger partial charge in [0.1, 0.15) is 0 Å². The molecule has 1 heterocycles. The molecule has 0 radical (unpaired) electrons. The van der Waals surface area contributed by atoms with E-state index in [1.165, 1.54) is 0 Å². The van der Waals surface area contributed by atoms with Crippen LogP contribution in [0.1, 0.15) is 31.3 Å². The standard InChI is InChI=1S/C13H17NO4/c1-8-9(2)18-12(17-8)11-6-4-3-5-10(11)7-14-13(15)16/h3-6,8-9,12,14H,7H2,1-2H3,(H,15,16). The van der Waals surface area contributed by atoms with E-state index in [9.17, 15) is 4.79 Å². The van der Waals surface area contributed by atoms with Gasteiger partial charge in [-0.15, -0.1) is 0 Å². The average molecular weight is 251 g/mol. The van der Waals surface area contributed by atoms with Crippen molar-refractivity contribution in [3.05, 3.63) is 35.4 Å². The van der Waals surface area contributed by atoms with Crippen molar-refractivity contribution in [1.29, 1.82) is 0 Å². The van der Waals surface area contributed by atoms with E-state index in [2.05, 4.69) is 5.32 Å². The molecule has 1 amide bonds. The highest BCUT2D eigenvalue weighted by Gasteiger charge is 2.31. The third-order valence-electron chi connectivity index (χ3n) is 3.08. The molecular weight excluding hydrogens is 234 g/mol. The number of ether oxygens (including phenoxy) is 2. The maximum atomic E-state index is 10.5. The van der Waals surface area contributed by atoms with Crippen molar-refractivity contribution in [3.63, 3.8) is 0 Å². The van der Waals surface area contributed by atoms with Gasteiger partial charge >= 0.3 is 6.09 Å². The Morgan fingerprint density at radius 3 is 2.50 bits per heavy atom. The molecule has 1 aromatic carbocycles.